The molecular formula is C17H22N6O3. The third-order valence-corrected chi connectivity index (χ3v) is 4.12. The second-order valence-electron chi connectivity index (χ2n) is 5.98. The lowest BCUT2D eigenvalue weighted by Crippen LogP contribution is -2.40. The second-order valence-corrected chi connectivity index (χ2v) is 5.98. The molecule has 1 aliphatic rings. The van der Waals surface area contributed by atoms with Crippen LogP contribution in [0.1, 0.15) is 17.0 Å². The van der Waals surface area contributed by atoms with Crippen molar-refractivity contribution in [3.63, 3.8) is 0 Å². The van der Waals surface area contributed by atoms with Crippen molar-refractivity contribution in [1.82, 2.24) is 30.5 Å². The molecule has 0 fully saturated rings. The van der Waals surface area contributed by atoms with E-state index in [1.807, 2.05) is 30.3 Å². The van der Waals surface area contributed by atoms with Crippen molar-refractivity contribution in [3.05, 3.63) is 47.3 Å². The fraction of sp³-hybridized carbons (Fsp3) is 0.412. The van der Waals surface area contributed by atoms with Crippen molar-refractivity contribution in [3.8, 4) is 0 Å². The molecular weight excluding hydrogens is 336 g/mol. The summed E-state index contributed by atoms with van der Waals surface area (Å²) >= 11 is 0. The average molecular weight is 358 g/mol. The fourth-order valence-corrected chi connectivity index (χ4v) is 2.74. The molecule has 0 aliphatic carbocycles. The summed E-state index contributed by atoms with van der Waals surface area (Å²) in [6, 6.07) is 9.54. The molecule has 9 nitrogen and oxygen atoms in total. The first-order valence-corrected chi connectivity index (χ1v) is 8.41. The molecule has 2 aromatic rings. The number of aromatic nitrogens is 3. The number of fused-ring (bicyclic) bond motifs is 1. The summed E-state index contributed by atoms with van der Waals surface area (Å²) in [7, 11) is 1.57. The quantitative estimate of drug-likeness (QED) is 0.692. The third-order valence-electron chi connectivity index (χ3n) is 4.12. The number of rotatable bonds is 7. The van der Waals surface area contributed by atoms with Gasteiger partial charge in [0.05, 0.1) is 25.4 Å². The number of ether oxygens (including phenoxy) is 1. The highest BCUT2D eigenvalue weighted by atomic mass is 16.5. The molecule has 3 rings (SSSR count). The van der Waals surface area contributed by atoms with Crippen LogP contribution in [0.25, 0.3) is 0 Å². The molecule has 138 valence electrons. The normalized spacial score (nSPS) is 13.4. The maximum absolute atomic E-state index is 12.3. The molecule has 1 aliphatic heterocycles. The Morgan fingerprint density at radius 1 is 1.23 bits per heavy atom. The molecule has 9 heteroatoms. The lowest BCUT2D eigenvalue weighted by molar-refractivity contribution is -0.135. The summed E-state index contributed by atoms with van der Waals surface area (Å²) < 4.78 is 6.48. The first kappa shape index (κ1) is 17.9. The molecule has 26 heavy (non-hydrogen) atoms. The van der Waals surface area contributed by atoms with E-state index in [0.717, 1.165) is 11.3 Å². The van der Waals surface area contributed by atoms with E-state index >= 15 is 0 Å². The van der Waals surface area contributed by atoms with Crippen molar-refractivity contribution in [2.24, 2.45) is 0 Å². The first-order valence-electron chi connectivity index (χ1n) is 8.41. The number of amides is 3. The lowest BCUT2D eigenvalue weighted by atomic mass is 10.1. The number of benzene rings is 1. The van der Waals surface area contributed by atoms with Gasteiger partial charge in [-0.2, -0.15) is 0 Å². The second kappa shape index (κ2) is 8.43. The Bertz CT molecular complexity index is 761. The van der Waals surface area contributed by atoms with Crippen LogP contribution in [0.3, 0.4) is 0 Å². The van der Waals surface area contributed by atoms with E-state index in [0.29, 0.717) is 31.9 Å². The average Bonchev–Trinajstić information content (AvgIpc) is 3.03. The van der Waals surface area contributed by atoms with Gasteiger partial charge in [-0.3, -0.25) is 4.79 Å². The Morgan fingerprint density at radius 2 is 2.04 bits per heavy atom. The molecule has 0 unspecified atom stereocenters. The molecule has 2 heterocycles. The minimum Gasteiger partial charge on any atom is -0.383 e. The van der Waals surface area contributed by atoms with E-state index in [1.165, 1.54) is 0 Å². The smallest absolute Gasteiger partial charge is 0.315 e. The summed E-state index contributed by atoms with van der Waals surface area (Å²) in [6.45, 7) is 2.25. The maximum atomic E-state index is 12.3. The molecule has 0 saturated heterocycles. The zero-order valence-corrected chi connectivity index (χ0v) is 14.6. The van der Waals surface area contributed by atoms with Gasteiger partial charge in [-0.05, 0) is 5.56 Å². The molecule has 2 N–H and O–H groups in total. The van der Waals surface area contributed by atoms with Gasteiger partial charge < -0.3 is 20.3 Å². The van der Waals surface area contributed by atoms with Gasteiger partial charge in [-0.1, -0.05) is 35.5 Å². The minimum absolute atomic E-state index is 0.00284. The molecule has 0 bridgehead atoms. The van der Waals surface area contributed by atoms with Gasteiger partial charge in [0.25, 0.3) is 0 Å². The number of nitrogens with zero attached hydrogens (tertiary/aromatic N) is 4. The number of urea groups is 1. The molecule has 1 aromatic heterocycles. The van der Waals surface area contributed by atoms with E-state index in [2.05, 4.69) is 20.9 Å². The summed E-state index contributed by atoms with van der Waals surface area (Å²) in [5.41, 5.74) is 2.58. The van der Waals surface area contributed by atoms with Crippen molar-refractivity contribution >= 4 is 11.9 Å². The monoisotopic (exact) mass is 358 g/mol. The fourth-order valence-electron chi connectivity index (χ4n) is 2.74. The van der Waals surface area contributed by atoms with E-state index in [4.69, 9.17) is 4.74 Å². The topological polar surface area (TPSA) is 101 Å². The minimum atomic E-state index is -0.295. The highest BCUT2D eigenvalue weighted by Gasteiger charge is 2.27. The van der Waals surface area contributed by atoms with Crippen LogP contribution in [-0.4, -0.2) is 52.1 Å². The summed E-state index contributed by atoms with van der Waals surface area (Å²) in [5.74, 6) is 0.00284. The van der Waals surface area contributed by atoms with Crippen molar-refractivity contribution in [1.29, 1.82) is 0 Å². The van der Waals surface area contributed by atoms with Crippen molar-refractivity contribution in [2.75, 3.05) is 20.3 Å². The molecule has 3 amide bonds. The van der Waals surface area contributed by atoms with Crippen LogP contribution in [-0.2, 0) is 35.7 Å². The van der Waals surface area contributed by atoms with Gasteiger partial charge in [-0.15, -0.1) is 5.10 Å². The van der Waals surface area contributed by atoms with Crippen LogP contribution < -0.4 is 10.6 Å². The number of hydrogen-bond acceptors (Lipinski definition) is 5. The predicted molar refractivity (Wildman–Crippen MR) is 92.8 cm³/mol. The molecule has 0 atom stereocenters. The van der Waals surface area contributed by atoms with Crippen LogP contribution >= 0.6 is 0 Å². The Morgan fingerprint density at radius 3 is 2.81 bits per heavy atom. The standard InChI is InChI=1S/C17H22N6O3/c1-26-8-7-18-17(25)19-9-14-15-11-22(10-13-5-3-2-4-6-13)16(24)12-23(15)21-20-14/h2-6H,7-12H2,1H3,(H2,18,19,25). The van der Waals surface area contributed by atoms with Crippen molar-refractivity contribution < 1.29 is 14.3 Å². The highest BCUT2D eigenvalue weighted by Crippen LogP contribution is 2.18. The van der Waals surface area contributed by atoms with Crippen LogP contribution in [0, 0.1) is 0 Å². The Labute approximate surface area is 151 Å². The summed E-state index contributed by atoms with van der Waals surface area (Å²) in [6.07, 6.45) is 0. The number of carbonyl (C=O) groups is 2. The first-order chi connectivity index (χ1) is 12.7. The zero-order valence-electron chi connectivity index (χ0n) is 14.6. The Hall–Kier alpha value is -2.94. The number of hydrogen-bond donors (Lipinski definition) is 2. The van der Waals surface area contributed by atoms with Crippen LogP contribution in [0.4, 0.5) is 4.79 Å². The van der Waals surface area contributed by atoms with Gasteiger partial charge in [0.1, 0.15) is 12.2 Å². The van der Waals surface area contributed by atoms with Crippen LogP contribution in [0.5, 0.6) is 0 Å². The van der Waals surface area contributed by atoms with Gasteiger partial charge >= 0.3 is 6.03 Å². The van der Waals surface area contributed by atoms with Gasteiger partial charge in [0.2, 0.25) is 5.91 Å². The zero-order chi connectivity index (χ0) is 18.4. The predicted octanol–water partition coefficient (Wildman–Crippen LogP) is 0.266. The van der Waals surface area contributed by atoms with Crippen LogP contribution in [0.15, 0.2) is 30.3 Å². The van der Waals surface area contributed by atoms with Gasteiger partial charge in [0, 0.05) is 20.2 Å². The van der Waals surface area contributed by atoms with Gasteiger partial charge in [0.15, 0.2) is 0 Å². The maximum Gasteiger partial charge on any atom is 0.315 e. The van der Waals surface area contributed by atoms with Gasteiger partial charge in [-0.25, -0.2) is 9.48 Å². The van der Waals surface area contributed by atoms with Crippen molar-refractivity contribution in [2.45, 2.75) is 26.2 Å². The number of carbonyl (C=O) groups excluding carboxylic acids is 2. The Balaban J connectivity index is 1.61. The lowest BCUT2D eigenvalue weighted by Gasteiger charge is -2.27. The summed E-state index contributed by atoms with van der Waals surface area (Å²) in [5, 5.41) is 13.6. The highest BCUT2D eigenvalue weighted by molar-refractivity contribution is 5.77. The molecule has 0 saturated carbocycles. The summed E-state index contributed by atoms with van der Waals surface area (Å²) in [4.78, 5) is 25.8. The molecule has 0 radical (unpaired) electrons. The van der Waals surface area contributed by atoms with E-state index < -0.39 is 0 Å². The molecule has 1 aromatic carbocycles. The third kappa shape index (κ3) is 4.37. The SMILES string of the molecule is COCCNC(=O)NCc1nnn2c1CN(Cc1ccccc1)C(=O)C2. The number of methoxy groups -OCH3 is 1. The van der Waals surface area contributed by atoms with Crippen LogP contribution in [0.2, 0.25) is 0 Å². The largest absolute Gasteiger partial charge is 0.383 e. The number of nitrogens with one attached hydrogen (secondary N) is 2. The Kier molecular flexibility index (Phi) is 5.80. The molecule has 0 spiro atoms. The van der Waals surface area contributed by atoms with E-state index in [1.54, 1.807) is 16.7 Å². The van der Waals surface area contributed by atoms with E-state index in [-0.39, 0.29) is 25.0 Å². The van der Waals surface area contributed by atoms with E-state index in [9.17, 15) is 9.59 Å².